The van der Waals surface area contributed by atoms with Crippen LogP contribution >= 0.6 is 0 Å². The molecule has 0 saturated carbocycles. The summed E-state index contributed by atoms with van der Waals surface area (Å²) >= 11 is 0. The van der Waals surface area contributed by atoms with Crippen LogP contribution in [0.25, 0.3) is 10.8 Å². The number of esters is 1. The van der Waals surface area contributed by atoms with Gasteiger partial charge in [0, 0.05) is 16.6 Å². The van der Waals surface area contributed by atoms with Gasteiger partial charge in [0.1, 0.15) is 0 Å². The smallest absolute Gasteiger partial charge is 0.330 e. The van der Waals surface area contributed by atoms with Crippen molar-refractivity contribution in [2.24, 2.45) is 0 Å². The number of nitrogen functional groups attached to an aromatic ring is 1. The summed E-state index contributed by atoms with van der Waals surface area (Å²) in [6, 6.07) is 9.31. The summed E-state index contributed by atoms with van der Waals surface area (Å²) in [7, 11) is 1.19. The van der Waals surface area contributed by atoms with Crippen molar-refractivity contribution >= 4 is 28.3 Å². The third-order valence-electron chi connectivity index (χ3n) is 3.18. The largest absolute Gasteiger partial charge is 0.467 e. The summed E-state index contributed by atoms with van der Waals surface area (Å²) in [5.41, 5.74) is 6.82. The summed E-state index contributed by atoms with van der Waals surface area (Å²) in [5.74, 6) is -1.18. The number of nitrogens with one attached hydrogen (secondary N) is 1. The molecule has 21 heavy (non-hydrogen) atoms. The van der Waals surface area contributed by atoms with E-state index in [4.69, 9.17) is 10.8 Å². The normalized spacial score (nSPS) is 11.9. The predicted molar refractivity (Wildman–Crippen MR) is 78.7 cm³/mol. The first kappa shape index (κ1) is 14.8. The van der Waals surface area contributed by atoms with Crippen LogP contribution in [0.3, 0.4) is 0 Å². The van der Waals surface area contributed by atoms with Crippen molar-refractivity contribution in [3.05, 3.63) is 42.0 Å². The molecule has 6 nitrogen and oxygen atoms in total. The molecule has 1 atom stereocenters. The van der Waals surface area contributed by atoms with Crippen LogP contribution in [-0.2, 0) is 9.53 Å². The number of carbonyl (C=O) groups is 2. The van der Waals surface area contributed by atoms with Crippen LogP contribution in [0.2, 0.25) is 0 Å². The van der Waals surface area contributed by atoms with Crippen molar-refractivity contribution in [1.82, 2.24) is 5.32 Å². The van der Waals surface area contributed by atoms with Crippen LogP contribution in [0.5, 0.6) is 0 Å². The van der Waals surface area contributed by atoms with E-state index in [9.17, 15) is 9.59 Å². The number of aliphatic hydroxyl groups excluding tert-OH is 1. The van der Waals surface area contributed by atoms with Gasteiger partial charge in [-0.2, -0.15) is 0 Å². The topological polar surface area (TPSA) is 102 Å². The van der Waals surface area contributed by atoms with Crippen LogP contribution in [0.4, 0.5) is 5.69 Å². The number of methoxy groups -OCH3 is 1. The number of hydrogen-bond acceptors (Lipinski definition) is 5. The number of nitrogens with two attached hydrogens (primary N) is 1. The average Bonchev–Trinajstić information content (AvgIpc) is 2.52. The number of benzene rings is 2. The Hall–Kier alpha value is -2.60. The van der Waals surface area contributed by atoms with E-state index in [0.717, 1.165) is 5.39 Å². The molecule has 0 heterocycles. The SMILES string of the molecule is COC(=O)C(CO)NC(=O)c1ccc(N)c2ccccc12. The van der Waals surface area contributed by atoms with Gasteiger partial charge in [-0.15, -0.1) is 0 Å². The highest BCUT2D eigenvalue weighted by Gasteiger charge is 2.22. The van der Waals surface area contributed by atoms with E-state index < -0.39 is 24.5 Å². The predicted octanol–water partition coefficient (Wildman–Crippen LogP) is 0.686. The lowest BCUT2D eigenvalue weighted by atomic mass is 10.0. The third kappa shape index (κ3) is 2.95. The number of anilines is 1. The van der Waals surface area contributed by atoms with Gasteiger partial charge in [-0.05, 0) is 17.5 Å². The van der Waals surface area contributed by atoms with Crippen molar-refractivity contribution in [3.8, 4) is 0 Å². The zero-order valence-corrected chi connectivity index (χ0v) is 11.5. The Morgan fingerprint density at radius 2 is 1.90 bits per heavy atom. The number of aliphatic hydroxyl groups is 1. The van der Waals surface area contributed by atoms with Crippen LogP contribution in [-0.4, -0.2) is 36.7 Å². The summed E-state index contributed by atoms with van der Waals surface area (Å²) in [5, 5.41) is 13.0. The molecule has 110 valence electrons. The minimum absolute atomic E-state index is 0.377. The minimum Gasteiger partial charge on any atom is -0.467 e. The lowest BCUT2D eigenvalue weighted by molar-refractivity contribution is -0.143. The maximum absolute atomic E-state index is 12.3. The van der Waals surface area contributed by atoms with Crippen LogP contribution in [0.15, 0.2) is 36.4 Å². The molecule has 1 unspecified atom stereocenters. The highest BCUT2D eigenvalue weighted by molar-refractivity contribution is 6.10. The lowest BCUT2D eigenvalue weighted by Gasteiger charge is -2.15. The molecule has 2 rings (SSSR count). The number of fused-ring (bicyclic) bond motifs is 1. The fourth-order valence-electron chi connectivity index (χ4n) is 2.08. The summed E-state index contributed by atoms with van der Waals surface area (Å²) in [4.78, 5) is 23.7. The first-order chi connectivity index (χ1) is 10.1. The standard InChI is InChI=1S/C15H16N2O4/c1-21-15(20)13(8-18)17-14(19)11-6-7-12(16)10-5-3-2-4-9(10)11/h2-7,13,18H,8,16H2,1H3,(H,17,19). The summed E-state index contributed by atoms with van der Waals surface area (Å²) in [6.45, 7) is -0.536. The van der Waals surface area contributed by atoms with Gasteiger partial charge in [-0.1, -0.05) is 24.3 Å². The molecule has 0 spiro atoms. The van der Waals surface area contributed by atoms with E-state index in [0.29, 0.717) is 16.6 Å². The molecule has 2 aromatic carbocycles. The minimum atomic E-state index is -1.10. The summed E-state index contributed by atoms with van der Waals surface area (Å²) in [6.07, 6.45) is 0. The van der Waals surface area contributed by atoms with Crippen molar-refractivity contribution in [1.29, 1.82) is 0 Å². The zero-order valence-electron chi connectivity index (χ0n) is 11.5. The second-order valence-corrected chi connectivity index (χ2v) is 4.48. The monoisotopic (exact) mass is 288 g/mol. The fraction of sp³-hybridized carbons (Fsp3) is 0.200. The molecule has 4 N–H and O–H groups in total. The molecule has 0 aliphatic rings. The molecular weight excluding hydrogens is 272 g/mol. The van der Waals surface area contributed by atoms with Crippen molar-refractivity contribution in [3.63, 3.8) is 0 Å². The van der Waals surface area contributed by atoms with Gasteiger partial charge in [0.05, 0.1) is 13.7 Å². The molecule has 0 radical (unpaired) electrons. The first-order valence-corrected chi connectivity index (χ1v) is 6.35. The van der Waals surface area contributed by atoms with E-state index in [1.807, 2.05) is 12.1 Å². The molecule has 0 aliphatic carbocycles. The molecule has 2 aromatic rings. The van der Waals surface area contributed by atoms with E-state index in [2.05, 4.69) is 10.1 Å². The Balaban J connectivity index is 2.36. The van der Waals surface area contributed by atoms with Gasteiger partial charge in [0.15, 0.2) is 6.04 Å². The molecule has 0 aromatic heterocycles. The van der Waals surface area contributed by atoms with Crippen molar-refractivity contribution in [2.75, 3.05) is 19.5 Å². The number of ether oxygens (including phenoxy) is 1. The molecular formula is C15H16N2O4. The summed E-state index contributed by atoms with van der Waals surface area (Å²) < 4.78 is 4.51. The Kier molecular flexibility index (Phi) is 4.39. The zero-order chi connectivity index (χ0) is 15.4. The van der Waals surface area contributed by atoms with Gasteiger partial charge >= 0.3 is 5.97 Å². The number of hydrogen-bond donors (Lipinski definition) is 3. The molecule has 0 bridgehead atoms. The quantitative estimate of drug-likeness (QED) is 0.567. The molecule has 1 amide bonds. The maximum atomic E-state index is 12.3. The van der Waals surface area contributed by atoms with Crippen LogP contribution in [0.1, 0.15) is 10.4 Å². The Morgan fingerprint density at radius 1 is 1.24 bits per heavy atom. The average molecular weight is 288 g/mol. The fourth-order valence-corrected chi connectivity index (χ4v) is 2.08. The second kappa shape index (κ2) is 6.23. The molecule has 0 fully saturated rings. The third-order valence-corrected chi connectivity index (χ3v) is 3.18. The van der Waals surface area contributed by atoms with Crippen molar-refractivity contribution < 1.29 is 19.4 Å². The maximum Gasteiger partial charge on any atom is 0.330 e. The first-order valence-electron chi connectivity index (χ1n) is 6.35. The lowest BCUT2D eigenvalue weighted by Crippen LogP contribution is -2.44. The Bertz CT molecular complexity index is 684. The van der Waals surface area contributed by atoms with Gasteiger partial charge in [0.2, 0.25) is 0 Å². The van der Waals surface area contributed by atoms with E-state index >= 15 is 0 Å². The van der Waals surface area contributed by atoms with Gasteiger partial charge in [-0.25, -0.2) is 4.79 Å². The molecule has 0 saturated heterocycles. The number of carbonyl (C=O) groups excluding carboxylic acids is 2. The van der Waals surface area contributed by atoms with E-state index in [-0.39, 0.29) is 0 Å². The highest BCUT2D eigenvalue weighted by atomic mass is 16.5. The number of rotatable bonds is 4. The van der Waals surface area contributed by atoms with Crippen LogP contribution in [0, 0.1) is 0 Å². The second-order valence-electron chi connectivity index (χ2n) is 4.48. The Morgan fingerprint density at radius 3 is 2.52 bits per heavy atom. The van der Waals surface area contributed by atoms with E-state index in [1.165, 1.54) is 7.11 Å². The van der Waals surface area contributed by atoms with Crippen LogP contribution < -0.4 is 11.1 Å². The van der Waals surface area contributed by atoms with Gasteiger partial charge in [-0.3, -0.25) is 4.79 Å². The van der Waals surface area contributed by atoms with E-state index in [1.54, 1.807) is 24.3 Å². The highest BCUT2D eigenvalue weighted by Crippen LogP contribution is 2.24. The van der Waals surface area contributed by atoms with Crippen molar-refractivity contribution in [2.45, 2.75) is 6.04 Å². The molecule has 6 heteroatoms. The van der Waals surface area contributed by atoms with Gasteiger partial charge in [0.25, 0.3) is 5.91 Å². The Labute approximate surface area is 121 Å². The number of amides is 1. The molecule has 0 aliphatic heterocycles. The van der Waals surface area contributed by atoms with Gasteiger partial charge < -0.3 is 20.9 Å².